The zero-order chi connectivity index (χ0) is 27.1. The molecule has 4 rings (SSSR count). The Kier molecular flexibility index (Phi) is 8.22. The van der Waals surface area contributed by atoms with E-state index in [1.807, 2.05) is 0 Å². The second-order valence-corrected chi connectivity index (χ2v) is 8.59. The van der Waals surface area contributed by atoms with Crippen LogP contribution in [0.1, 0.15) is 40.9 Å². The minimum Gasteiger partial charge on any atom is -0.480 e. The highest BCUT2D eigenvalue weighted by Crippen LogP contribution is 2.29. The Balaban J connectivity index is 1.66. The highest BCUT2D eigenvalue weighted by molar-refractivity contribution is 6.10. The molecule has 1 aromatic heterocycles. The van der Waals surface area contributed by atoms with Crippen LogP contribution in [-0.2, 0) is 14.3 Å². The van der Waals surface area contributed by atoms with Crippen LogP contribution in [0.15, 0.2) is 84.0 Å². The molecule has 2 N–H and O–H groups in total. The van der Waals surface area contributed by atoms with Crippen molar-refractivity contribution in [2.75, 3.05) is 18.5 Å². The van der Waals surface area contributed by atoms with E-state index in [9.17, 15) is 24.3 Å². The van der Waals surface area contributed by atoms with Gasteiger partial charge in [0.1, 0.15) is 12.3 Å². The fraction of sp³-hybridized carbons (Fsp3) is 0.214. The molecule has 1 fully saturated rings. The highest BCUT2D eigenvalue weighted by atomic mass is 16.6. The summed E-state index contributed by atoms with van der Waals surface area (Å²) >= 11 is 0. The predicted octanol–water partition coefficient (Wildman–Crippen LogP) is 3.75. The molecule has 0 saturated carbocycles. The van der Waals surface area contributed by atoms with Crippen LogP contribution in [0.5, 0.6) is 0 Å². The molecule has 0 bridgehead atoms. The largest absolute Gasteiger partial charge is 0.480 e. The monoisotopic (exact) mass is 514 g/mol. The number of amides is 3. The molecule has 1 aliphatic heterocycles. The van der Waals surface area contributed by atoms with Gasteiger partial charge in [-0.25, -0.2) is 14.5 Å². The van der Waals surface area contributed by atoms with E-state index in [4.69, 9.17) is 4.74 Å². The number of carbonyl (C=O) groups is 4. The molecule has 3 aromatic rings. The normalized spacial score (nSPS) is 14.9. The van der Waals surface area contributed by atoms with Crippen LogP contribution in [-0.4, -0.2) is 63.8 Å². The molecule has 3 amide bonds. The molecule has 2 atom stereocenters. The molecule has 1 aliphatic rings. The van der Waals surface area contributed by atoms with Gasteiger partial charge in [0.05, 0.1) is 12.2 Å². The first-order chi connectivity index (χ1) is 18.3. The van der Waals surface area contributed by atoms with Crippen molar-refractivity contribution in [3.05, 3.63) is 95.8 Å². The average molecular weight is 515 g/mol. The van der Waals surface area contributed by atoms with E-state index in [-0.39, 0.29) is 25.3 Å². The summed E-state index contributed by atoms with van der Waals surface area (Å²) in [5.74, 6) is -3.06. The highest BCUT2D eigenvalue weighted by Gasteiger charge is 2.36. The maximum Gasteiger partial charge on any atom is 0.416 e. The van der Waals surface area contributed by atoms with Crippen LogP contribution in [0.3, 0.4) is 0 Å². The number of carboxylic acid groups (broad SMARTS) is 1. The van der Waals surface area contributed by atoms with Crippen LogP contribution in [0.25, 0.3) is 0 Å². The maximum atomic E-state index is 13.0. The topological polar surface area (TPSA) is 138 Å². The number of para-hydroxylation sites is 1. The molecule has 10 nitrogen and oxygen atoms in total. The lowest BCUT2D eigenvalue weighted by Gasteiger charge is -2.23. The van der Waals surface area contributed by atoms with Gasteiger partial charge in [0, 0.05) is 29.8 Å². The molecule has 10 heteroatoms. The summed E-state index contributed by atoms with van der Waals surface area (Å²) in [4.78, 5) is 59.6. The quantitative estimate of drug-likeness (QED) is 0.415. The first-order valence-electron chi connectivity index (χ1n) is 12.0. The van der Waals surface area contributed by atoms with Gasteiger partial charge in [-0.2, -0.15) is 0 Å². The van der Waals surface area contributed by atoms with E-state index < -0.39 is 35.8 Å². The third-order valence-electron chi connectivity index (χ3n) is 6.11. The van der Waals surface area contributed by atoms with Gasteiger partial charge < -0.3 is 15.2 Å². The average Bonchev–Trinajstić information content (AvgIpc) is 3.37. The number of aliphatic imine (C=N–C) groups is 1. The number of carboxylic acids is 1. The SMILES string of the molecule is CC(=N[C@H](C(=O)O)[C@@H](CC(=O)N1CCOC1=O)c1ccccc1)c1ccccc1NC(=O)c1ccccn1. The molecule has 194 valence electrons. The number of aliphatic carboxylic acids is 1. The Hall–Kier alpha value is -4.86. The zero-order valence-corrected chi connectivity index (χ0v) is 20.6. The van der Waals surface area contributed by atoms with E-state index in [2.05, 4.69) is 15.3 Å². The van der Waals surface area contributed by atoms with Gasteiger partial charge in [-0.3, -0.25) is 19.6 Å². The van der Waals surface area contributed by atoms with Crippen LogP contribution >= 0.6 is 0 Å². The Morgan fingerprint density at radius 2 is 1.76 bits per heavy atom. The lowest BCUT2D eigenvalue weighted by Crippen LogP contribution is -2.36. The van der Waals surface area contributed by atoms with Crippen LogP contribution < -0.4 is 5.32 Å². The van der Waals surface area contributed by atoms with Gasteiger partial charge >= 0.3 is 12.1 Å². The number of pyridine rings is 1. The van der Waals surface area contributed by atoms with Crippen LogP contribution in [0, 0.1) is 0 Å². The smallest absolute Gasteiger partial charge is 0.416 e. The van der Waals surface area contributed by atoms with Crippen molar-refractivity contribution >= 4 is 35.3 Å². The number of benzene rings is 2. The van der Waals surface area contributed by atoms with Gasteiger partial charge in [0.15, 0.2) is 6.04 Å². The van der Waals surface area contributed by atoms with Crippen molar-refractivity contribution in [2.45, 2.75) is 25.3 Å². The number of hydrogen-bond donors (Lipinski definition) is 2. The van der Waals surface area contributed by atoms with Crippen molar-refractivity contribution in [2.24, 2.45) is 4.99 Å². The fourth-order valence-corrected chi connectivity index (χ4v) is 4.22. The van der Waals surface area contributed by atoms with E-state index in [0.717, 1.165) is 4.90 Å². The van der Waals surface area contributed by atoms with Gasteiger partial charge in [-0.05, 0) is 30.7 Å². The number of imide groups is 1. The van der Waals surface area contributed by atoms with E-state index in [1.165, 1.54) is 6.20 Å². The number of anilines is 1. The van der Waals surface area contributed by atoms with Crippen molar-refractivity contribution in [3.8, 4) is 0 Å². The molecule has 1 saturated heterocycles. The number of rotatable bonds is 9. The summed E-state index contributed by atoms with van der Waals surface area (Å²) in [6.07, 6.45) is 0.508. The van der Waals surface area contributed by atoms with Crippen LogP contribution in [0.2, 0.25) is 0 Å². The van der Waals surface area contributed by atoms with Gasteiger partial charge in [-0.1, -0.05) is 54.6 Å². The van der Waals surface area contributed by atoms with Crippen molar-refractivity contribution < 1.29 is 29.0 Å². The first-order valence-corrected chi connectivity index (χ1v) is 12.0. The molecule has 2 aromatic carbocycles. The first kappa shape index (κ1) is 26.2. The Labute approximate surface area is 219 Å². The summed E-state index contributed by atoms with van der Waals surface area (Å²) in [5, 5.41) is 13.0. The lowest BCUT2D eigenvalue weighted by molar-refractivity contribution is -0.139. The minimum atomic E-state index is -1.35. The number of hydrogen-bond acceptors (Lipinski definition) is 7. The van der Waals surface area contributed by atoms with E-state index in [0.29, 0.717) is 22.5 Å². The maximum absolute atomic E-state index is 13.0. The number of ether oxygens (including phenoxy) is 1. The minimum absolute atomic E-state index is 0.0984. The Bertz CT molecular complexity index is 1360. The molecule has 0 radical (unpaired) electrons. The molecule has 0 aliphatic carbocycles. The predicted molar refractivity (Wildman–Crippen MR) is 139 cm³/mol. The Morgan fingerprint density at radius 1 is 1.05 bits per heavy atom. The summed E-state index contributed by atoms with van der Waals surface area (Å²) in [5.41, 5.74) is 2.12. The number of carbonyl (C=O) groups excluding carboxylic acids is 3. The number of cyclic esters (lactones) is 1. The molecule has 2 heterocycles. The Morgan fingerprint density at radius 3 is 2.42 bits per heavy atom. The number of nitrogens with one attached hydrogen (secondary N) is 1. The standard InChI is InChI=1S/C28H26N4O6/c1-18(20-11-5-6-12-22(20)31-26(34)23-13-7-8-14-29-23)30-25(27(35)36)21(19-9-3-2-4-10-19)17-24(33)32-15-16-38-28(32)37/h2-14,21,25H,15-17H2,1H3,(H,31,34)(H,35,36)/t21-,25-/m0/s1. The number of nitrogens with zero attached hydrogens (tertiary/aromatic N) is 3. The van der Waals surface area contributed by atoms with Crippen molar-refractivity contribution in [1.29, 1.82) is 0 Å². The fourth-order valence-electron chi connectivity index (χ4n) is 4.22. The van der Waals surface area contributed by atoms with Gasteiger partial charge in [0.2, 0.25) is 5.91 Å². The van der Waals surface area contributed by atoms with Gasteiger partial charge in [-0.15, -0.1) is 0 Å². The van der Waals surface area contributed by atoms with Gasteiger partial charge in [0.25, 0.3) is 5.91 Å². The lowest BCUT2D eigenvalue weighted by atomic mass is 9.88. The number of aromatic nitrogens is 1. The molecule has 0 spiro atoms. The third kappa shape index (κ3) is 6.09. The summed E-state index contributed by atoms with van der Waals surface area (Å²) < 4.78 is 4.86. The van der Waals surface area contributed by atoms with Crippen LogP contribution in [0.4, 0.5) is 10.5 Å². The zero-order valence-electron chi connectivity index (χ0n) is 20.6. The van der Waals surface area contributed by atoms with Crippen molar-refractivity contribution in [1.82, 2.24) is 9.88 Å². The second kappa shape index (κ2) is 11.9. The summed E-state index contributed by atoms with van der Waals surface area (Å²) in [6, 6.07) is 19.2. The second-order valence-electron chi connectivity index (χ2n) is 8.59. The summed E-state index contributed by atoms with van der Waals surface area (Å²) in [7, 11) is 0. The molecule has 0 unspecified atom stereocenters. The molecular weight excluding hydrogens is 488 g/mol. The molecular formula is C28H26N4O6. The van der Waals surface area contributed by atoms with E-state index in [1.54, 1.807) is 79.7 Å². The molecule has 38 heavy (non-hydrogen) atoms. The van der Waals surface area contributed by atoms with Crippen molar-refractivity contribution in [3.63, 3.8) is 0 Å². The van der Waals surface area contributed by atoms with E-state index >= 15 is 0 Å². The summed E-state index contributed by atoms with van der Waals surface area (Å²) in [6.45, 7) is 1.85. The third-order valence-corrected chi connectivity index (χ3v) is 6.11.